The Morgan fingerprint density at radius 2 is 2.42 bits per heavy atom. The van der Waals surface area contributed by atoms with Gasteiger partial charge in [-0.1, -0.05) is 11.6 Å². The summed E-state index contributed by atoms with van der Waals surface area (Å²) < 4.78 is 4.93. The van der Waals surface area contributed by atoms with Gasteiger partial charge in [-0.2, -0.15) is 4.98 Å². The minimum absolute atomic E-state index is 0.352. The number of ether oxygens (including phenoxy) is 1. The molecule has 1 N–H and O–H groups in total. The van der Waals surface area contributed by atoms with Gasteiger partial charge in [0, 0.05) is 6.07 Å². The summed E-state index contributed by atoms with van der Waals surface area (Å²) in [5, 5.41) is 0.352. The predicted molar refractivity (Wildman–Crippen MR) is 45.5 cm³/mol. The SMILES string of the molecule is COc1cc2[nH]cnc2c(Cl)n1. The zero-order valence-electron chi connectivity index (χ0n) is 6.34. The van der Waals surface area contributed by atoms with Gasteiger partial charge in [-0.3, -0.25) is 0 Å². The van der Waals surface area contributed by atoms with Crippen LogP contribution in [0.4, 0.5) is 0 Å². The molecular formula is C7H6ClN3O. The van der Waals surface area contributed by atoms with Crippen LogP contribution >= 0.6 is 11.6 Å². The van der Waals surface area contributed by atoms with Gasteiger partial charge in [0.25, 0.3) is 0 Å². The molecule has 2 rings (SSSR count). The van der Waals surface area contributed by atoms with Gasteiger partial charge < -0.3 is 9.72 Å². The van der Waals surface area contributed by atoms with Crippen LogP contribution in [0.2, 0.25) is 5.15 Å². The number of nitrogens with one attached hydrogen (secondary N) is 1. The Morgan fingerprint density at radius 1 is 1.58 bits per heavy atom. The van der Waals surface area contributed by atoms with Crippen molar-refractivity contribution in [1.82, 2.24) is 15.0 Å². The lowest BCUT2D eigenvalue weighted by atomic mass is 10.4. The Morgan fingerprint density at radius 3 is 3.17 bits per heavy atom. The van der Waals surface area contributed by atoms with Crippen molar-refractivity contribution in [3.63, 3.8) is 0 Å². The highest BCUT2D eigenvalue weighted by Gasteiger charge is 2.05. The number of aromatic nitrogens is 3. The van der Waals surface area contributed by atoms with Crippen molar-refractivity contribution in [3.8, 4) is 5.88 Å². The van der Waals surface area contributed by atoms with E-state index in [4.69, 9.17) is 16.3 Å². The molecule has 0 amide bonds. The van der Waals surface area contributed by atoms with E-state index in [1.807, 2.05) is 0 Å². The van der Waals surface area contributed by atoms with Crippen LogP contribution in [0.5, 0.6) is 5.88 Å². The van der Waals surface area contributed by atoms with Gasteiger partial charge in [0.05, 0.1) is 19.0 Å². The molecule has 0 bridgehead atoms. The Hall–Kier alpha value is -1.29. The fourth-order valence-corrected chi connectivity index (χ4v) is 1.22. The summed E-state index contributed by atoms with van der Waals surface area (Å²) in [4.78, 5) is 10.9. The molecule has 2 aromatic rings. The van der Waals surface area contributed by atoms with E-state index in [1.165, 1.54) is 0 Å². The molecule has 0 aliphatic carbocycles. The van der Waals surface area contributed by atoms with Crippen LogP contribution in [0.3, 0.4) is 0 Å². The minimum atomic E-state index is 0.352. The normalized spacial score (nSPS) is 10.5. The Balaban J connectivity index is 2.75. The highest BCUT2D eigenvalue weighted by atomic mass is 35.5. The first-order chi connectivity index (χ1) is 5.81. The van der Waals surface area contributed by atoms with Gasteiger partial charge in [-0.25, -0.2) is 4.98 Å². The maximum Gasteiger partial charge on any atom is 0.216 e. The number of hydrogen-bond donors (Lipinski definition) is 1. The van der Waals surface area contributed by atoms with E-state index >= 15 is 0 Å². The first-order valence-corrected chi connectivity index (χ1v) is 3.72. The fraction of sp³-hybridized carbons (Fsp3) is 0.143. The van der Waals surface area contributed by atoms with Crippen LogP contribution in [0.15, 0.2) is 12.4 Å². The Labute approximate surface area is 73.5 Å². The molecule has 5 heteroatoms. The molecular weight excluding hydrogens is 178 g/mol. The average molecular weight is 184 g/mol. The van der Waals surface area contributed by atoms with Crippen molar-refractivity contribution in [2.45, 2.75) is 0 Å². The van der Waals surface area contributed by atoms with Crippen LogP contribution < -0.4 is 4.74 Å². The van der Waals surface area contributed by atoms with Crippen molar-refractivity contribution in [3.05, 3.63) is 17.5 Å². The zero-order valence-corrected chi connectivity index (χ0v) is 7.09. The summed E-state index contributed by atoms with van der Waals surface area (Å²) >= 11 is 5.81. The molecule has 0 aliphatic rings. The number of aromatic amines is 1. The first-order valence-electron chi connectivity index (χ1n) is 3.35. The maximum absolute atomic E-state index is 5.81. The first kappa shape index (κ1) is 7.36. The smallest absolute Gasteiger partial charge is 0.216 e. The topological polar surface area (TPSA) is 50.8 Å². The van der Waals surface area contributed by atoms with Gasteiger partial charge in [0.1, 0.15) is 5.52 Å². The third-order valence-corrected chi connectivity index (χ3v) is 1.81. The number of H-pyrrole nitrogens is 1. The molecule has 0 spiro atoms. The van der Waals surface area contributed by atoms with E-state index in [9.17, 15) is 0 Å². The molecule has 62 valence electrons. The van der Waals surface area contributed by atoms with Gasteiger partial charge in [-0.15, -0.1) is 0 Å². The monoisotopic (exact) mass is 183 g/mol. The zero-order chi connectivity index (χ0) is 8.55. The van der Waals surface area contributed by atoms with Gasteiger partial charge in [-0.05, 0) is 0 Å². The number of hydrogen-bond acceptors (Lipinski definition) is 3. The van der Waals surface area contributed by atoms with Crippen LogP contribution in [0.1, 0.15) is 0 Å². The van der Waals surface area contributed by atoms with E-state index in [-0.39, 0.29) is 0 Å². The van der Waals surface area contributed by atoms with Crippen LogP contribution in [-0.4, -0.2) is 22.1 Å². The minimum Gasteiger partial charge on any atom is -0.481 e. The number of nitrogens with zero attached hydrogens (tertiary/aromatic N) is 2. The lowest BCUT2D eigenvalue weighted by Crippen LogP contribution is -1.87. The molecule has 0 aliphatic heterocycles. The molecule has 0 aromatic carbocycles. The third-order valence-electron chi connectivity index (χ3n) is 1.55. The van der Waals surface area contributed by atoms with E-state index < -0.39 is 0 Å². The fourth-order valence-electron chi connectivity index (χ4n) is 0.989. The summed E-state index contributed by atoms with van der Waals surface area (Å²) in [6.45, 7) is 0. The number of halogens is 1. The largest absolute Gasteiger partial charge is 0.481 e. The number of rotatable bonds is 1. The van der Waals surface area contributed by atoms with Crippen molar-refractivity contribution >= 4 is 22.6 Å². The van der Waals surface area contributed by atoms with E-state index in [0.29, 0.717) is 16.5 Å². The summed E-state index contributed by atoms with van der Waals surface area (Å²) in [6.07, 6.45) is 1.57. The third kappa shape index (κ3) is 1.00. The molecule has 0 atom stereocenters. The maximum atomic E-state index is 5.81. The molecule has 0 saturated carbocycles. The van der Waals surface area contributed by atoms with Crippen LogP contribution in [-0.2, 0) is 0 Å². The van der Waals surface area contributed by atoms with Crippen molar-refractivity contribution in [2.24, 2.45) is 0 Å². The lowest BCUT2D eigenvalue weighted by molar-refractivity contribution is 0.399. The molecule has 4 nitrogen and oxygen atoms in total. The standard InChI is InChI=1S/C7H6ClN3O/c1-12-5-2-4-6(7(8)11-5)10-3-9-4/h2-3H,1H3,(H,9,10). The predicted octanol–water partition coefficient (Wildman–Crippen LogP) is 1.62. The van der Waals surface area contributed by atoms with Crippen molar-refractivity contribution in [1.29, 1.82) is 0 Å². The van der Waals surface area contributed by atoms with E-state index in [1.54, 1.807) is 19.5 Å². The van der Waals surface area contributed by atoms with Gasteiger partial charge >= 0.3 is 0 Å². The molecule has 0 saturated heterocycles. The number of imidazole rings is 1. The summed E-state index contributed by atoms with van der Waals surface area (Å²) in [5.41, 5.74) is 1.49. The summed E-state index contributed by atoms with van der Waals surface area (Å²) in [7, 11) is 1.54. The lowest BCUT2D eigenvalue weighted by Gasteiger charge is -1.98. The van der Waals surface area contributed by atoms with Crippen molar-refractivity contribution < 1.29 is 4.74 Å². The number of methoxy groups -OCH3 is 1. The second-order valence-corrected chi connectivity index (χ2v) is 2.61. The van der Waals surface area contributed by atoms with Gasteiger partial charge in [0.2, 0.25) is 5.88 Å². The summed E-state index contributed by atoms with van der Waals surface area (Å²) in [5.74, 6) is 0.483. The second kappa shape index (κ2) is 2.64. The molecule has 0 unspecified atom stereocenters. The number of fused-ring (bicyclic) bond motifs is 1. The Bertz CT molecular complexity index is 412. The summed E-state index contributed by atoms with van der Waals surface area (Å²) in [6, 6.07) is 1.74. The van der Waals surface area contributed by atoms with Crippen LogP contribution in [0, 0.1) is 0 Å². The molecule has 0 radical (unpaired) electrons. The quantitative estimate of drug-likeness (QED) is 0.684. The molecule has 2 heterocycles. The Kier molecular flexibility index (Phi) is 1.62. The molecule has 2 aromatic heterocycles. The molecule has 12 heavy (non-hydrogen) atoms. The molecule has 0 fully saturated rings. The number of pyridine rings is 1. The van der Waals surface area contributed by atoms with E-state index in [2.05, 4.69) is 15.0 Å². The van der Waals surface area contributed by atoms with E-state index in [0.717, 1.165) is 5.52 Å². The highest BCUT2D eigenvalue weighted by Crippen LogP contribution is 2.21. The van der Waals surface area contributed by atoms with Crippen LogP contribution in [0.25, 0.3) is 11.0 Å². The van der Waals surface area contributed by atoms with Gasteiger partial charge in [0.15, 0.2) is 5.15 Å². The second-order valence-electron chi connectivity index (χ2n) is 2.25. The highest BCUT2D eigenvalue weighted by molar-refractivity contribution is 6.33. The average Bonchev–Trinajstić information content (AvgIpc) is 2.52. The van der Waals surface area contributed by atoms with Crippen molar-refractivity contribution in [2.75, 3.05) is 7.11 Å².